The van der Waals surface area contributed by atoms with E-state index in [1.165, 1.54) is 5.69 Å². The van der Waals surface area contributed by atoms with E-state index in [0.29, 0.717) is 5.82 Å². The molecule has 0 aliphatic carbocycles. The average molecular weight is 434 g/mol. The molecule has 1 aliphatic heterocycles. The number of aromatic nitrogens is 4. The molecule has 8 heteroatoms. The summed E-state index contributed by atoms with van der Waals surface area (Å²) in [5.74, 6) is 1.43. The standard InChI is InChI=1S/C23H27N7S/c1-23(2,3)30-11-9-29(10-12-30)18-6-4-17(5-7-18)25-22-20-19(14-24-28-20)26-21(27-22)16-8-13-31-15-16/h4-8,13-15H,9-12H2,1-3H3,(H,24,28)(H,25,26,27). The van der Waals surface area contributed by atoms with Crippen LogP contribution in [0.5, 0.6) is 0 Å². The third kappa shape index (κ3) is 4.13. The van der Waals surface area contributed by atoms with Crippen LogP contribution < -0.4 is 10.2 Å². The number of H-pyrrole nitrogens is 1. The Morgan fingerprint density at radius 3 is 2.45 bits per heavy atom. The zero-order chi connectivity index (χ0) is 21.4. The Morgan fingerprint density at radius 1 is 1.00 bits per heavy atom. The lowest BCUT2D eigenvalue weighted by Crippen LogP contribution is -2.53. The number of aromatic amines is 1. The highest BCUT2D eigenvalue weighted by Crippen LogP contribution is 2.28. The van der Waals surface area contributed by atoms with E-state index in [0.717, 1.165) is 54.3 Å². The van der Waals surface area contributed by atoms with Gasteiger partial charge >= 0.3 is 0 Å². The normalized spacial score (nSPS) is 15.5. The van der Waals surface area contributed by atoms with Crippen LogP contribution in [-0.4, -0.2) is 56.8 Å². The lowest BCUT2D eigenvalue weighted by atomic mass is 10.0. The Balaban J connectivity index is 1.34. The predicted octanol–water partition coefficient (Wildman–Crippen LogP) is 4.75. The highest BCUT2D eigenvalue weighted by atomic mass is 32.1. The Kier molecular flexibility index (Phi) is 5.11. The highest BCUT2D eigenvalue weighted by molar-refractivity contribution is 7.08. The van der Waals surface area contributed by atoms with E-state index in [-0.39, 0.29) is 5.54 Å². The molecule has 1 aliphatic rings. The van der Waals surface area contributed by atoms with Gasteiger partial charge in [-0.25, -0.2) is 9.97 Å². The van der Waals surface area contributed by atoms with Crippen LogP contribution in [0.2, 0.25) is 0 Å². The van der Waals surface area contributed by atoms with Crippen LogP contribution >= 0.6 is 11.3 Å². The van der Waals surface area contributed by atoms with Gasteiger partial charge in [-0.05, 0) is 56.5 Å². The summed E-state index contributed by atoms with van der Waals surface area (Å²) >= 11 is 1.64. The molecule has 1 saturated heterocycles. The fourth-order valence-electron chi connectivity index (χ4n) is 3.98. The third-order valence-corrected chi connectivity index (χ3v) is 6.49. The molecule has 7 nitrogen and oxygen atoms in total. The van der Waals surface area contributed by atoms with Gasteiger partial charge in [0.05, 0.1) is 6.20 Å². The van der Waals surface area contributed by atoms with Crippen LogP contribution in [0.15, 0.2) is 47.3 Å². The van der Waals surface area contributed by atoms with Crippen molar-refractivity contribution in [3.05, 3.63) is 47.3 Å². The van der Waals surface area contributed by atoms with Crippen LogP contribution in [0, 0.1) is 0 Å². The Morgan fingerprint density at radius 2 is 1.77 bits per heavy atom. The van der Waals surface area contributed by atoms with Crippen LogP contribution in [0.4, 0.5) is 17.2 Å². The summed E-state index contributed by atoms with van der Waals surface area (Å²) in [7, 11) is 0. The molecule has 0 atom stereocenters. The molecule has 0 bridgehead atoms. The summed E-state index contributed by atoms with van der Waals surface area (Å²) in [5, 5.41) is 14.7. The van der Waals surface area contributed by atoms with Gasteiger partial charge in [-0.3, -0.25) is 10.00 Å². The van der Waals surface area contributed by atoms with Gasteiger partial charge < -0.3 is 10.2 Å². The summed E-state index contributed by atoms with van der Waals surface area (Å²) in [4.78, 5) is 14.4. The fraction of sp³-hybridized carbons (Fsp3) is 0.348. The van der Waals surface area contributed by atoms with Crippen molar-refractivity contribution in [2.24, 2.45) is 0 Å². The predicted molar refractivity (Wildman–Crippen MR) is 128 cm³/mol. The van der Waals surface area contributed by atoms with E-state index >= 15 is 0 Å². The van der Waals surface area contributed by atoms with Crippen molar-refractivity contribution in [3.8, 4) is 11.4 Å². The van der Waals surface area contributed by atoms with Gasteiger partial charge in [0.15, 0.2) is 11.6 Å². The molecule has 4 aromatic rings. The first kappa shape index (κ1) is 20.0. The van der Waals surface area contributed by atoms with Crippen molar-refractivity contribution in [1.82, 2.24) is 25.1 Å². The number of hydrogen-bond donors (Lipinski definition) is 2. The zero-order valence-electron chi connectivity index (χ0n) is 18.1. The Labute approximate surface area is 186 Å². The van der Waals surface area contributed by atoms with Gasteiger partial charge in [-0.15, -0.1) is 0 Å². The Bertz CT molecular complexity index is 1150. The third-order valence-electron chi connectivity index (χ3n) is 5.80. The molecule has 0 unspecified atom stereocenters. The quantitative estimate of drug-likeness (QED) is 0.484. The van der Waals surface area contributed by atoms with Crippen LogP contribution in [0.1, 0.15) is 20.8 Å². The molecule has 3 aromatic heterocycles. The average Bonchev–Trinajstić information content (AvgIpc) is 3.46. The molecule has 1 aromatic carbocycles. The molecule has 2 N–H and O–H groups in total. The number of nitrogens with one attached hydrogen (secondary N) is 2. The van der Waals surface area contributed by atoms with E-state index in [1.807, 2.05) is 11.4 Å². The minimum atomic E-state index is 0.233. The maximum Gasteiger partial charge on any atom is 0.163 e. The number of fused-ring (bicyclic) bond motifs is 1. The van der Waals surface area contributed by atoms with Crippen molar-refractivity contribution >= 4 is 39.6 Å². The molecule has 0 radical (unpaired) electrons. The number of hydrogen-bond acceptors (Lipinski definition) is 7. The van der Waals surface area contributed by atoms with E-state index < -0.39 is 0 Å². The summed E-state index contributed by atoms with van der Waals surface area (Å²) < 4.78 is 0. The van der Waals surface area contributed by atoms with Crippen molar-refractivity contribution in [2.75, 3.05) is 36.4 Å². The monoisotopic (exact) mass is 433 g/mol. The van der Waals surface area contributed by atoms with E-state index in [1.54, 1.807) is 17.5 Å². The largest absolute Gasteiger partial charge is 0.369 e. The SMILES string of the molecule is CC(C)(C)N1CCN(c2ccc(Nc3nc(-c4ccsc4)nc4cn[nH]c34)cc2)CC1. The first-order valence-electron chi connectivity index (χ1n) is 10.6. The molecule has 160 valence electrons. The van der Waals surface area contributed by atoms with Gasteiger partial charge in [0.1, 0.15) is 11.0 Å². The van der Waals surface area contributed by atoms with Crippen LogP contribution in [0.3, 0.4) is 0 Å². The van der Waals surface area contributed by atoms with Gasteiger partial charge in [0, 0.05) is 54.0 Å². The van der Waals surface area contributed by atoms with Crippen LogP contribution in [-0.2, 0) is 0 Å². The highest BCUT2D eigenvalue weighted by Gasteiger charge is 2.25. The Hall–Kier alpha value is -2.97. The molecule has 5 rings (SSSR count). The summed E-state index contributed by atoms with van der Waals surface area (Å²) in [6.45, 7) is 11.1. The first-order valence-corrected chi connectivity index (χ1v) is 11.5. The van der Waals surface area contributed by atoms with E-state index in [4.69, 9.17) is 4.98 Å². The molecule has 0 saturated carbocycles. The van der Waals surface area contributed by atoms with Gasteiger partial charge in [0.2, 0.25) is 0 Å². The van der Waals surface area contributed by atoms with E-state index in [9.17, 15) is 0 Å². The minimum absolute atomic E-state index is 0.233. The second-order valence-corrected chi connectivity index (χ2v) is 9.63. The number of rotatable bonds is 4. The van der Waals surface area contributed by atoms with Gasteiger partial charge in [-0.2, -0.15) is 16.4 Å². The maximum absolute atomic E-state index is 4.75. The first-order chi connectivity index (χ1) is 15.0. The fourth-order valence-corrected chi connectivity index (χ4v) is 4.61. The minimum Gasteiger partial charge on any atom is -0.369 e. The summed E-state index contributed by atoms with van der Waals surface area (Å²) in [6, 6.07) is 10.6. The number of thiophene rings is 1. The number of nitrogens with zero attached hydrogens (tertiary/aromatic N) is 5. The van der Waals surface area contributed by atoms with Gasteiger partial charge in [0.25, 0.3) is 0 Å². The topological polar surface area (TPSA) is 73.0 Å². The molecular formula is C23H27N7S. The van der Waals surface area contributed by atoms with Crippen molar-refractivity contribution < 1.29 is 0 Å². The van der Waals surface area contributed by atoms with Gasteiger partial charge in [-0.1, -0.05) is 0 Å². The van der Waals surface area contributed by atoms with Crippen molar-refractivity contribution in [3.63, 3.8) is 0 Å². The lowest BCUT2D eigenvalue weighted by Gasteiger charge is -2.43. The number of piperazine rings is 1. The number of benzene rings is 1. The molecule has 4 heterocycles. The maximum atomic E-state index is 4.75. The van der Waals surface area contributed by atoms with Crippen molar-refractivity contribution in [1.29, 1.82) is 0 Å². The molecule has 1 fully saturated rings. The second-order valence-electron chi connectivity index (χ2n) is 8.85. The van der Waals surface area contributed by atoms with Crippen LogP contribution in [0.25, 0.3) is 22.4 Å². The second kappa shape index (κ2) is 7.94. The summed E-state index contributed by atoms with van der Waals surface area (Å²) in [5.41, 5.74) is 5.10. The molecule has 0 amide bonds. The zero-order valence-corrected chi connectivity index (χ0v) is 18.9. The molecule has 0 spiro atoms. The smallest absolute Gasteiger partial charge is 0.163 e. The number of anilines is 3. The lowest BCUT2D eigenvalue weighted by molar-refractivity contribution is 0.128. The summed E-state index contributed by atoms with van der Waals surface area (Å²) in [6.07, 6.45) is 1.73. The molecular weight excluding hydrogens is 406 g/mol. The van der Waals surface area contributed by atoms with E-state index in [2.05, 4.69) is 80.7 Å². The molecule has 31 heavy (non-hydrogen) atoms. The van der Waals surface area contributed by atoms with Crippen molar-refractivity contribution in [2.45, 2.75) is 26.3 Å².